The highest BCUT2D eigenvalue weighted by atomic mass is 16.3. The second kappa shape index (κ2) is 5.82. The number of amides is 1. The van der Waals surface area contributed by atoms with Crippen LogP contribution in [0.2, 0.25) is 0 Å². The van der Waals surface area contributed by atoms with Crippen LogP contribution in [0.3, 0.4) is 0 Å². The van der Waals surface area contributed by atoms with E-state index in [1.807, 2.05) is 13.8 Å². The van der Waals surface area contributed by atoms with Crippen molar-refractivity contribution in [2.75, 3.05) is 13.2 Å². The number of H-pyrrole nitrogens is 1. The molecule has 0 radical (unpaired) electrons. The number of pyridine rings is 1. The van der Waals surface area contributed by atoms with E-state index >= 15 is 0 Å². The number of rotatable bonds is 5. The average Bonchev–Trinajstić information content (AvgIpc) is 2.26. The first-order chi connectivity index (χ1) is 8.35. The fraction of sp³-hybridized carbons (Fsp3) is 0.538. The topological polar surface area (TPSA) is 82.2 Å². The summed E-state index contributed by atoms with van der Waals surface area (Å²) in [5.41, 5.74) is 0.257. The van der Waals surface area contributed by atoms with Crippen LogP contribution in [0.4, 0.5) is 0 Å². The molecular weight excluding hydrogens is 232 g/mol. The maximum atomic E-state index is 11.8. The van der Waals surface area contributed by atoms with Gasteiger partial charge in [0, 0.05) is 18.8 Å². The first kappa shape index (κ1) is 14.4. The van der Waals surface area contributed by atoms with Gasteiger partial charge in [-0.05, 0) is 30.9 Å². The van der Waals surface area contributed by atoms with Crippen molar-refractivity contribution in [3.63, 3.8) is 0 Å². The van der Waals surface area contributed by atoms with Crippen LogP contribution in [0.5, 0.6) is 0 Å². The Labute approximate surface area is 106 Å². The number of carbonyl (C=O) groups is 1. The summed E-state index contributed by atoms with van der Waals surface area (Å²) in [5, 5.41) is 11.6. The van der Waals surface area contributed by atoms with Crippen LogP contribution in [0.25, 0.3) is 0 Å². The standard InChI is InChI=1S/C13H20N2O3/c1-9-4-5-10(12(18)15-9)11(17)14-8-13(2,3)6-7-16/h4-5,16H,6-8H2,1-3H3,(H,14,17)(H,15,18). The molecule has 1 rings (SSSR count). The summed E-state index contributed by atoms with van der Waals surface area (Å²) in [6, 6.07) is 3.21. The van der Waals surface area contributed by atoms with E-state index in [2.05, 4.69) is 10.3 Å². The molecule has 18 heavy (non-hydrogen) atoms. The lowest BCUT2D eigenvalue weighted by Crippen LogP contribution is -2.37. The van der Waals surface area contributed by atoms with Crippen molar-refractivity contribution in [2.45, 2.75) is 27.2 Å². The van der Waals surface area contributed by atoms with E-state index in [1.165, 1.54) is 6.07 Å². The van der Waals surface area contributed by atoms with Gasteiger partial charge >= 0.3 is 0 Å². The number of aryl methyl sites for hydroxylation is 1. The zero-order chi connectivity index (χ0) is 13.8. The van der Waals surface area contributed by atoms with Crippen molar-refractivity contribution in [1.29, 1.82) is 0 Å². The SMILES string of the molecule is Cc1ccc(C(=O)NCC(C)(C)CCO)c(=O)[nH]1. The quantitative estimate of drug-likeness (QED) is 0.725. The normalized spacial score (nSPS) is 11.3. The number of aromatic amines is 1. The predicted molar refractivity (Wildman–Crippen MR) is 69.6 cm³/mol. The molecule has 5 heteroatoms. The van der Waals surface area contributed by atoms with Crippen LogP contribution in [0.1, 0.15) is 36.3 Å². The average molecular weight is 252 g/mol. The number of hydrogen-bond acceptors (Lipinski definition) is 3. The summed E-state index contributed by atoms with van der Waals surface area (Å²) < 4.78 is 0. The molecule has 0 atom stereocenters. The Bertz CT molecular complexity index is 477. The molecule has 3 N–H and O–H groups in total. The van der Waals surface area contributed by atoms with Gasteiger partial charge in [-0.15, -0.1) is 0 Å². The Hall–Kier alpha value is -1.62. The number of aromatic nitrogens is 1. The molecule has 0 fully saturated rings. The molecule has 0 aliphatic heterocycles. The molecule has 100 valence electrons. The molecule has 1 aromatic rings. The fourth-order valence-electron chi connectivity index (χ4n) is 1.56. The minimum atomic E-state index is -0.387. The van der Waals surface area contributed by atoms with Crippen molar-refractivity contribution < 1.29 is 9.90 Å². The minimum Gasteiger partial charge on any atom is -0.396 e. The summed E-state index contributed by atoms with van der Waals surface area (Å²) in [6.07, 6.45) is 0.595. The van der Waals surface area contributed by atoms with Crippen LogP contribution in [-0.2, 0) is 0 Å². The highest BCUT2D eigenvalue weighted by Crippen LogP contribution is 2.17. The molecular formula is C13H20N2O3. The third kappa shape index (κ3) is 4.00. The highest BCUT2D eigenvalue weighted by Gasteiger charge is 2.19. The van der Waals surface area contributed by atoms with Gasteiger partial charge in [0.05, 0.1) is 0 Å². The summed E-state index contributed by atoms with van der Waals surface area (Å²) in [5.74, 6) is -0.387. The number of aliphatic hydroxyl groups is 1. The fourth-order valence-corrected chi connectivity index (χ4v) is 1.56. The van der Waals surface area contributed by atoms with Gasteiger partial charge in [-0.2, -0.15) is 0 Å². The molecule has 0 aliphatic carbocycles. The summed E-state index contributed by atoms with van der Waals surface area (Å²) in [6.45, 7) is 6.15. The van der Waals surface area contributed by atoms with E-state index in [4.69, 9.17) is 5.11 Å². The van der Waals surface area contributed by atoms with Gasteiger partial charge in [0.1, 0.15) is 5.56 Å². The van der Waals surface area contributed by atoms with Crippen molar-refractivity contribution in [2.24, 2.45) is 5.41 Å². The largest absolute Gasteiger partial charge is 0.396 e. The van der Waals surface area contributed by atoms with Gasteiger partial charge in [-0.1, -0.05) is 13.8 Å². The van der Waals surface area contributed by atoms with Crippen LogP contribution in [-0.4, -0.2) is 29.1 Å². The molecule has 0 aromatic carbocycles. The Balaban J connectivity index is 2.69. The van der Waals surface area contributed by atoms with E-state index in [1.54, 1.807) is 13.0 Å². The molecule has 1 heterocycles. The zero-order valence-electron chi connectivity index (χ0n) is 11.0. The second-order valence-electron chi connectivity index (χ2n) is 5.20. The minimum absolute atomic E-state index is 0.0774. The van der Waals surface area contributed by atoms with Crippen molar-refractivity contribution in [1.82, 2.24) is 10.3 Å². The van der Waals surface area contributed by atoms with E-state index in [-0.39, 0.29) is 29.1 Å². The van der Waals surface area contributed by atoms with E-state index < -0.39 is 0 Å². The Morgan fingerprint density at radius 2 is 2.11 bits per heavy atom. The molecule has 1 amide bonds. The molecule has 0 unspecified atom stereocenters. The van der Waals surface area contributed by atoms with Crippen LogP contribution in [0.15, 0.2) is 16.9 Å². The van der Waals surface area contributed by atoms with E-state index in [0.29, 0.717) is 13.0 Å². The Morgan fingerprint density at radius 3 is 2.67 bits per heavy atom. The molecule has 0 aliphatic rings. The summed E-state index contributed by atoms with van der Waals surface area (Å²) >= 11 is 0. The predicted octanol–water partition coefficient (Wildman–Crippen LogP) is 0.822. The summed E-state index contributed by atoms with van der Waals surface area (Å²) in [4.78, 5) is 26.0. The van der Waals surface area contributed by atoms with Gasteiger partial charge in [0.2, 0.25) is 0 Å². The van der Waals surface area contributed by atoms with E-state index in [0.717, 1.165) is 5.69 Å². The molecule has 0 saturated carbocycles. The van der Waals surface area contributed by atoms with Gasteiger partial charge in [0.15, 0.2) is 0 Å². The van der Waals surface area contributed by atoms with Gasteiger partial charge < -0.3 is 15.4 Å². The molecule has 1 aromatic heterocycles. The Morgan fingerprint density at radius 1 is 1.44 bits per heavy atom. The molecule has 5 nitrogen and oxygen atoms in total. The number of hydrogen-bond donors (Lipinski definition) is 3. The number of carbonyl (C=O) groups excluding carboxylic acids is 1. The Kier molecular flexibility index (Phi) is 4.67. The zero-order valence-corrected chi connectivity index (χ0v) is 11.0. The number of aliphatic hydroxyl groups excluding tert-OH is 1. The maximum Gasteiger partial charge on any atom is 0.260 e. The highest BCUT2D eigenvalue weighted by molar-refractivity contribution is 5.93. The maximum absolute atomic E-state index is 11.8. The van der Waals surface area contributed by atoms with Crippen LogP contribution >= 0.6 is 0 Å². The van der Waals surface area contributed by atoms with Gasteiger partial charge in [-0.3, -0.25) is 9.59 Å². The monoisotopic (exact) mass is 252 g/mol. The third-order valence-electron chi connectivity index (χ3n) is 2.82. The van der Waals surface area contributed by atoms with Gasteiger partial charge in [0.25, 0.3) is 11.5 Å². The van der Waals surface area contributed by atoms with E-state index in [9.17, 15) is 9.59 Å². The first-order valence-electron chi connectivity index (χ1n) is 5.95. The van der Waals surface area contributed by atoms with Gasteiger partial charge in [-0.25, -0.2) is 0 Å². The second-order valence-corrected chi connectivity index (χ2v) is 5.20. The lowest BCUT2D eigenvalue weighted by molar-refractivity contribution is 0.0926. The molecule has 0 bridgehead atoms. The molecule has 0 saturated heterocycles. The van der Waals surface area contributed by atoms with Crippen molar-refractivity contribution >= 4 is 5.91 Å². The smallest absolute Gasteiger partial charge is 0.260 e. The van der Waals surface area contributed by atoms with Crippen molar-refractivity contribution in [3.05, 3.63) is 33.7 Å². The van der Waals surface area contributed by atoms with Crippen molar-refractivity contribution in [3.8, 4) is 0 Å². The lowest BCUT2D eigenvalue weighted by Gasteiger charge is -2.23. The first-order valence-corrected chi connectivity index (χ1v) is 5.95. The molecule has 0 spiro atoms. The number of nitrogens with one attached hydrogen (secondary N) is 2. The lowest BCUT2D eigenvalue weighted by atomic mass is 9.89. The van der Waals surface area contributed by atoms with Crippen LogP contribution in [0, 0.1) is 12.3 Å². The third-order valence-corrected chi connectivity index (χ3v) is 2.82. The van der Waals surface area contributed by atoms with Crippen LogP contribution < -0.4 is 10.9 Å². The summed E-state index contributed by atoms with van der Waals surface area (Å²) in [7, 11) is 0.